The lowest BCUT2D eigenvalue weighted by Gasteiger charge is -2.06. The van der Waals surface area contributed by atoms with Crippen LogP contribution >= 0.6 is 11.3 Å². The number of nitrogens with one attached hydrogen (secondary N) is 1. The molecule has 1 aromatic heterocycles. The average Bonchev–Trinajstić information content (AvgIpc) is 2.88. The third-order valence-corrected chi connectivity index (χ3v) is 3.35. The van der Waals surface area contributed by atoms with Crippen molar-refractivity contribution in [3.8, 4) is 5.75 Å². The number of benzene rings is 1. The average molecular weight is 291 g/mol. The molecule has 1 heterocycles. The highest BCUT2D eigenvalue weighted by atomic mass is 32.1. The van der Waals surface area contributed by atoms with Crippen LogP contribution in [-0.2, 0) is 4.79 Å². The zero-order valence-corrected chi connectivity index (χ0v) is 11.4. The fourth-order valence-electron chi connectivity index (χ4n) is 1.57. The second kappa shape index (κ2) is 6.72. The molecule has 1 amide bonds. The number of carboxylic acid groups (broad SMARTS) is 1. The van der Waals surface area contributed by atoms with Crippen molar-refractivity contribution in [3.63, 3.8) is 0 Å². The van der Waals surface area contributed by atoms with Crippen LogP contribution in [0.2, 0.25) is 0 Å². The van der Waals surface area contributed by atoms with Gasteiger partial charge in [0, 0.05) is 5.69 Å². The molecule has 0 aliphatic heterocycles. The first-order valence-electron chi connectivity index (χ1n) is 5.95. The SMILES string of the molecule is O=C(CCOc1ccsc1C(=O)O)Nc1ccccc1. The normalized spacial score (nSPS) is 10.0. The second-order valence-electron chi connectivity index (χ2n) is 3.93. The molecule has 0 atom stereocenters. The molecule has 5 nitrogen and oxygen atoms in total. The Bertz CT molecular complexity index is 594. The number of carbonyl (C=O) groups is 2. The van der Waals surface area contributed by atoms with Crippen LogP contribution in [-0.4, -0.2) is 23.6 Å². The Hall–Kier alpha value is -2.34. The first-order chi connectivity index (χ1) is 9.66. The summed E-state index contributed by atoms with van der Waals surface area (Å²) in [7, 11) is 0. The summed E-state index contributed by atoms with van der Waals surface area (Å²) in [5.41, 5.74) is 0.722. The Morgan fingerprint density at radius 1 is 1.20 bits per heavy atom. The molecule has 0 saturated heterocycles. The minimum Gasteiger partial charge on any atom is -0.491 e. The van der Waals surface area contributed by atoms with E-state index in [1.807, 2.05) is 18.2 Å². The van der Waals surface area contributed by atoms with Crippen LogP contribution in [0.15, 0.2) is 41.8 Å². The number of anilines is 1. The van der Waals surface area contributed by atoms with Crippen molar-refractivity contribution in [3.05, 3.63) is 46.7 Å². The third-order valence-electron chi connectivity index (χ3n) is 2.47. The summed E-state index contributed by atoms with van der Waals surface area (Å²) in [4.78, 5) is 22.7. The molecule has 0 spiro atoms. The highest BCUT2D eigenvalue weighted by Crippen LogP contribution is 2.24. The molecular formula is C14H13NO4S. The number of thiophene rings is 1. The van der Waals surface area contributed by atoms with Gasteiger partial charge in [-0.2, -0.15) is 0 Å². The zero-order chi connectivity index (χ0) is 14.4. The molecule has 0 radical (unpaired) electrons. The Kier molecular flexibility index (Phi) is 4.73. The molecule has 2 rings (SSSR count). The van der Waals surface area contributed by atoms with Gasteiger partial charge in [0.15, 0.2) is 4.88 Å². The second-order valence-corrected chi connectivity index (χ2v) is 4.85. The number of carbonyl (C=O) groups excluding carboxylic acids is 1. The van der Waals surface area contributed by atoms with E-state index in [1.165, 1.54) is 0 Å². The molecule has 0 fully saturated rings. The van der Waals surface area contributed by atoms with E-state index in [0.717, 1.165) is 17.0 Å². The lowest BCUT2D eigenvalue weighted by atomic mass is 10.3. The minimum absolute atomic E-state index is 0.135. The minimum atomic E-state index is -1.02. The summed E-state index contributed by atoms with van der Waals surface area (Å²) in [6, 6.07) is 10.7. The van der Waals surface area contributed by atoms with Crippen molar-refractivity contribution < 1.29 is 19.4 Å². The topological polar surface area (TPSA) is 75.6 Å². The van der Waals surface area contributed by atoms with Gasteiger partial charge in [-0.25, -0.2) is 4.79 Å². The summed E-state index contributed by atoms with van der Waals surface area (Å²) in [6.07, 6.45) is 0.157. The first-order valence-corrected chi connectivity index (χ1v) is 6.83. The van der Waals surface area contributed by atoms with Gasteiger partial charge in [-0.05, 0) is 23.6 Å². The molecule has 104 valence electrons. The van der Waals surface area contributed by atoms with Gasteiger partial charge in [0.2, 0.25) is 5.91 Å². The van der Waals surface area contributed by atoms with Crippen LogP contribution in [0.4, 0.5) is 5.69 Å². The highest BCUT2D eigenvalue weighted by molar-refractivity contribution is 7.12. The molecule has 0 aliphatic carbocycles. The van der Waals surface area contributed by atoms with E-state index in [-0.39, 0.29) is 23.8 Å². The molecule has 20 heavy (non-hydrogen) atoms. The monoisotopic (exact) mass is 291 g/mol. The van der Waals surface area contributed by atoms with Crippen LogP contribution in [0.1, 0.15) is 16.1 Å². The number of hydrogen-bond acceptors (Lipinski definition) is 4. The number of ether oxygens (including phenoxy) is 1. The number of hydrogen-bond donors (Lipinski definition) is 2. The molecule has 0 saturated carbocycles. The maximum Gasteiger partial charge on any atom is 0.349 e. The Morgan fingerprint density at radius 2 is 1.95 bits per heavy atom. The molecule has 6 heteroatoms. The van der Waals surface area contributed by atoms with Crippen molar-refractivity contribution in [2.24, 2.45) is 0 Å². The van der Waals surface area contributed by atoms with E-state index in [9.17, 15) is 9.59 Å². The number of rotatable bonds is 6. The molecule has 2 N–H and O–H groups in total. The summed E-state index contributed by atoms with van der Waals surface area (Å²) < 4.78 is 5.32. The van der Waals surface area contributed by atoms with Gasteiger partial charge in [-0.3, -0.25) is 4.79 Å². The van der Waals surface area contributed by atoms with E-state index < -0.39 is 5.97 Å². The Labute approximate surface area is 119 Å². The predicted octanol–water partition coefficient (Wildman–Crippen LogP) is 2.85. The summed E-state index contributed by atoms with van der Waals surface area (Å²) >= 11 is 1.09. The zero-order valence-electron chi connectivity index (χ0n) is 10.5. The lowest BCUT2D eigenvalue weighted by molar-refractivity contribution is -0.116. The Morgan fingerprint density at radius 3 is 2.65 bits per heavy atom. The summed E-state index contributed by atoms with van der Waals surface area (Å²) in [5, 5.41) is 13.3. The quantitative estimate of drug-likeness (QED) is 0.858. The Balaban J connectivity index is 1.80. The summed E-state index contributed by atoms with van der Waals surface area (Å²) in [6.45, 7) is 0.135. The van der Waals surface area contributed by atoms with Gasteiger partial charge in [0.25, 0.3) is 0 Å². The third kappa shape index (κ3) is 3.83. The van der Waals surface area contributed by atoms with E-state index in [2.05, 4.69) is 5.32 Å². The van der Waals surface area contributed by atoms with Crippen LogP contribution in [0.3, 0.4) is 0 Å². The van der Waals surface area contributed by atoms with Crippen LogP contribution in [0.25, 0.3) is 0 Å². The van der Waals surface area contributed by atoms with Crippen molar-refractivity contribution in [2.45, 2.75) is 6.42 Å². The van der Waals surface area contributed by atoms with E-state index in [4.69, 9.17) is 9.84 Å². The van der Waals surface area contributed by atoms with E-state index in [0.29, 0.717) is 5.75 Å². The smallest absolute Gasteiger partial charge is 0.349 e. The van der Waals surface area contributed by atoms with E-state index >= 15 is 0 Å². The van der Waals surface area contributed by atoms with Crippen LogP contribution < -0.4 is 10.1 Å². The maximum atomic E-state index is 11.7. The number of aromatic carboxylic acids is 1. The fourth-order valence-corrected chi connectivity index (χ4v) is 2.24. The molecule has 2 aromatic rings. The molecule has 1 aromatic carbocycles. The highest BCUT2D eigenvalue weighted by Gasteiger charge is 2.13. The standard InChI is InChI=1S/C14H13NO4S/c16-12(15-10-4-2-1-3-5-10)6-8-19-11-7-9-20-13(11)14(17)18/h1-5,7,9H,6,8H2,(H,15,16)(H,17,18). The van der Waals surface area contributed by atoms with Crippen LogP contribution in [0.5, 0.6) is 5.75 Å². The van der Waals surface area contributed by atoms with Crippen molar-refractivity contribution in [1.29, 1.82) is 0 Å². The van der Waals surface area contributed by atoms with Gasteiger partial charge in [0.1, 0.15) is 5.75 Å². The van der Waals surface area contributed by atoms with Gasteiger partial charge in [-0.15, -0.1) is 11.3 Å². The number of para-hydroxylation sites is 1. The summed E-state index contributed by atoms with van der Waals surface area (Å²) in [5.74, 6) is -0.901. The van der Waals surface area contributed by atoms with Gasteiger partial charge >= 0.3 is 5.97 Å². The van der Waals surface area contributed by atoms with Crippen molar-refractivity contribution in [2.75, 3.05) is 11.9 Å². The lowest BCUT2D eigenvalue weighted by Crippen LogP contribution is -2.15. The van der Waals surface area contributed by atoms with Gasteiger partial charge < -0.3 is 15.2 Å². The predicted molar refractivity (Wildman–Crippen MR) is 76.5 cm³/mol. The molecular weight excluding hydrogens is 278 g/mol. The number of carboxylic acids is 1. The number of amides is 1. The maximum absolute atomic E-state index is 11.7. The van der Waals surface area contributed by atoms with Crippen LogP contribution in [0, 0.1) is 0 Å². The molecule has 0 unspecified atom stereocenters. The largest absolute Gasteiger partial charge is 0.491 e. The molecule has 0 bridgehead atoms. The van der Waals surface area contributed by atoms with E-state index in [1.54, 1.807) is 23.6 Å². The van der Waals surface area contributed by atoms with Crippen molar-refractivity contribution in [1.82, 2.24) is 0 Å². The first kappa shape index (κ1) is 14.1. The fraction of sp³-hybridized carbons (Fsp3) is 0.143. The molecule has 0 aliphatic rings. The van der Waals surface area contributed by atoms with Gasteiger partial charge in [0.05, 0.1) is 13.0 Å². The van der Waals surface area contributed by atoms with Gasteiger partial charge in [-0.1, -0.05) is 18.2 Å². The van der Waals surface area contributed by atoms with Crippen molar-refractivity contribution >= 4 is 28.9 Å².